The van der Waals surface area contributed by atoms with E-state index in [2.05, 4.69) is 9.97 Å². The zero-order valence-corrected chi connectivity index (χ0v) is 17.9. The summed E-state index contributed by atoms with van der Waals surface area (Å²) >= 11 is 0. The van der Waals surface area contributed by atoms with Gasteiger partial charge in [0.2, 0.25) is 0 Å². The Labute approximate surface area is 188 Å². The van der Waals surface area contributed by atoms with Gasteiger partial charge in [-0.3, -0.25) is 14.6 Å². The molecule has 0 bridgehead atoms. The van der Waals surface area contributed by atoms with Gasteiger partial charge in [0.1, 0.15) is 0 Å². The second-order valence-corrected chi connectivity index (χ2v) is 8.16. The Morgan fingerprint density at radius 1 is 1.09 bits per heavy atom. The Hall–Kier alpha value is -3.27. The lowest BCUT2D eigenvalue weighted by molar-refractivity contribution is -0.138. The highest BCUT2D eigenvalue weighted by Gasteiger charge is 2.30. The molecule has 3 aromatic rings. The summed E-state index contributed by atoms with van der Waals surface area (Å²) in [6.45, 7) is 1.17. The fourth-order valence-corrected chi connectivity index (χ4v) is 4.17. The van der Waals surface area contributed by atoms with Crippen LogP contribution in [0.3, 0.4) is 0 Å². The van der Waals surface area contributed by atoms with Crippen molar-refractivity contribution in [2.45, 2.75) is 37.9 Å². The third-order valence-corrected chi connectivity index (χ3v) is 5.93. The van der Waals surface area contributed by atoms with E-state index in [0.717, 1.165) is 16.8 Å². The van der Waals surface area contributed by atoms with E-state index in [-0.39, 0.29) is 18.2 Å². The topological polar surface area (TPSA) is 84.1 Å². The van der Waals surface area contributed by atoms with Gasteiger partial charge in [-0.1, -0.05) is 0 Å². The minimum Gasteiger partial charge on any atom is -0.478 e. The van der Waals surface area contributed by atoms with Gasteiger partial charge in [0, 0.05) is 62.6 Å². The Morgan fingerprint density at radius 2 is 1.79 bits per heavy atom. The third kappa shape index (κ3) is 5.75. The Kier molecular flexibility index (Phi) is 6.73. The quantitative estimate of drug-likeness (QED) is 0.570. The first-order valence-corrected chi connectivity index (χ1v) is 10.7. The fraction of sp³-hybridized carbons (Fsp3) is 0.391. The molecule has 1 saturated heterocycles. The van der Waals surface area contributed by atoms with Gasteiger partial charge in [-0.2, -0.15) is 18.3 Å². The van der Waals surface area contributed by atoms with Crippen molar-refractivity contribution < 1.29 is 23.1 Å². The number of rotatable bonds is 7. The third-order valence-electron chi connectivity index (χ3n) is 5.93. The number of alkyl halides is 3. The molecule has 1 aliphatic rings. The SMILES string of the molecule is O=C(O)c1ccncc1Cc1nn(C2CCN(CCC(F)(F)F)CC2)cc1-c1ccncc1. The molecule has 174 valence electrons. The first-order chi connectivity index (χ1) is 15.8. The fourth-order valence-electron chi connectivity index (χ4n) is 4.17. The first kappa shape index (κ1) is 22.9. The summed E-state index contributed by atoms with van der Waals surface area (Å²) < 4.78 is 39.5. The van der Waals surface area contributed by atoms with Crippen molar-refractivity contribution in [2.24, 2.45) is 0 Å². The van der Waals surface area contributed by atoms with Crippen LogP contribution in [-0.4, -0.2) is 61.5 Å². The lowest BCUT2D eigenvalue weighted by Crippen LogP contribution is -2.36. The van der Waals surface area contributed by atoms with Crippen LogP contribution in [0, 0.1) is 0 Å². The second-order valence-electron chi connectivity index (χ2n) is 8.16. The molecule has 0 aliphatic carbocycles. The highest BCUT2D eigenvalue weighted by Crippen LogP contribution is 2.30. The van der Waals surface area contributed by atoms with Crippen LogP contribution in [0.4, 0.5) is 13.2 Å². The first-order valence-electron chi connectivity index (χ1n) is 10.7. The molecule has 3 aromatic heterocycles. The van der Waals surface area contributed by atoms with E-state index in [1.165, 1.54) is 18.5 Å². The molecule has 0 radical (unpaired) electrons. The molecule has 0 aromatic carbocycles. The van der Waals surface area contributed by atoms with Gasteiger partial charge < -0.3 is 10.0 Å². The number of aromatic nitrogens is 4. The van der Waals surface area contributed by atoms with Crippen molar-refractivity contribution in [3.63, 3.8) is 0 Å². The van der Waals surface area contributed by atoms with Crippen molar-refractivity contribution in [1.82, 2.24) is 24.6 Å². The van der Waals surface area contributed by atoms with Gasteiger partial charge in [0.05, 0.1) is 23.7 Å². The summed E-state index contributed by atoms with van der Waals surface area (Å²) in [5, 5.41) is 14.3. The van der Waals surface area contributed by atoms with Crippen molar-refractivity contribution in [3.8, 4) is 11.1 Å². The maximum atomic E-state index is 12.5. The minimum absolute atomic E-state index is 0.0157. The molecule has 0 unspecified atom stereocenters. The predicted octanol–water partition coefficient (Wildman–Crippen LogP) is 4.22. The molecule has 0 atom stereocenters. The molecule has 1 N–H and O–H groups in total. The van der Waals surface area contributed by atoms with Crippen molar-refractivity contribution >= 4 is 5.97 Å². The monoisotopic (exact) mass is 459 g/mol. The summed E-state index contributed by atoms with van der Waals surface area (Å²) in [5.74, 6) is -1.02. The standard InChI is InChI=1S/C23H24F3N5O2/c24-23(25,26)6-12-30-10-4-18(5-11-30)31-15-20(16-1-7-27-8-2-16)21(29-31)13-17-14-28-9-3-19(17)22(32)33/h1-3,7-9,14-15,18H,4-6,10-13H2,(H,32,33). The number of piperidine rings is 1. The molecule has 4 rings (SSSR count). The summed E-state index contributed by atoms with van der Waals surface area (Å²) in [7, 11) is 0. The van der Waals surface area contributed by atoms with Crippen LogP contribution in [0.5, 0.6) is 0 Å². The Balaban J connectivity index is 1.56. The number of hydrogen-bond donors (Lipinski definition) is 1. The van der Waals surface area contributed by atoms with E-state index in [1.54, 1.807) is 12.4 Å². The van der Waals surface area contributed by atoms with Crippen LogP contribution >= 0.6 is 0 Å². The van der Waals surface area contributed by atoms with E-state index in [9.17, 15) is 23.1 Å². The number of halogens is 3. The molecular weight excluding hydrogens is 435 g/mol. The van der Waals surface area contributed by atoms with Crippen molar-refractivity contribution in [2.75, 3.05) is 19.6 Å². The van der Waals surface area contributed by atoms with Gasteiger partial charge in [-0.25, -0.2) is 4.79 Å². The van der Waals surface area contributed by atoms with Gasteiger partial charge in [0.25, 0.3) is 0 Å². The molecular formula is C23H24F3N5O2. The number of carboxylic acid groups (broad SMARTS) is 1. The summed E-state index contributed by atoms with van der Waals surface area (Å²) in [6, 6.07) is 5.27. The normalized spacial score (nSPS) is 15.6. The van der Waals surface area contributed by atoms with Crippen LogP contribution in [0.2, 0.25) is 0 Å². The van der Waals surface area contributed by atoms with Crippen LogP contribution in [0.1, 0.15) is 46.9 Å². The average molecular weight is 459 g/mol. The van der Waals surface area contributed by atoms with E-state index in [1.807, 2.05) is 27.9 Å². The number of likely N-dealkylation sites (tertiary alicyclic amines) is 1. The number of carboxylic acids is 1. The van der Waals surface area contributed by atoms with Crippen LogP contribution < -0.4 is 0 Å². The number of pyridine rings is 2. The molecule has 7 nitrogen and oxygen atoms in total. The zero-order chi connectivity index (χ0) is 23.4. The minimum atomic E-state index is -4.14. The Bertz CT molecular complexity index is 1090. The lowest BCUT2D eigenvalue weighted by Gasteiger charge is -2.32. The highest BCUT2D eigenvalue weighted by atomic mass is 19.4. The highest BCUT2D eigenvalue weighted by molar-refractivity contribution is 5.89. The van der Waals surface area contributed by atoms with E-state index in [0.29, 0.717) is 37.9 Å². The number of hydrogen-bond acceptors (Lipinski definition) is 5. The molecule has 4 heterocycles. The maximum absolute atomic E-state index is 12.5. The van der Waals surface area contributed by atoms with Crippen LogP contribution in [0.15, 0.2) is 49.2 Å². The van der Waals surface area contributed by atoms with E-state index < -0.39 is 18.6 Å². The molecule has 0 spiro atoms. The maximum Gasteiger partial charge on any atom is 0.390 e. The average Bonchev–Trinajstić information content (AvgIpc) is 3.22. The van der Waals surface area contributed by atoms with Gasteiger partial charge in [-0.15, -0.1) is 0 Å². The molecule has 1 fully saturated rings. The van der Waals surface area contributed by atoms with E-state index >= 15 is 0 Å². The largest absolute Gasteiger partial charge is 0.478 e. The van der Waals surface area contributed by atoms with Gasteiger partial charge >= 0.3 is 12.1 Å². The molecule has 10 heteroatoms. The van der Waals surface area contributed by atoms with Crippen molar-refractivity contribution in [3.05, 3.63) is 66.0 Å². The van der Waals surface area contributed by atoms with Crippen molar-refractivity contribution in [1.29, 1.82) is 0 Å². The number of nitrogens with zero attached hydrogens (tertiary/aromatic N) is 5. The lowest BCUT2D eigenvalue weighted by atomic mass is 10.0. The smallest absolute Gasteiger partial charge is 0.390 e. The molecule has 0 saturated carbocycles. The summed E-state index contributed by atoms with van der Waals surface area (Å²) in [4.78, 5) is 21.6. The van der Waals surface area contributed by atoms with Crippen LogP contribution in [-0.2, 0) is 6.42 Å². The Morgan fingerprint density at radius 3 is 2.45 bits per heavy atom. The number of aromatic carboxylic acids is 1. The summed E-state index contributed by atoms with van der Waals surface area (Å²) in [5.41, 5.74) is 3.24. The molecule has 33 heavy (non-hydrogen) atoms. The molecule has 1 aliphatic heterocycles. The van der Waals surface area contributed by atoms with Gasteiger partial charge in [-0.05, 0) is 42.2 Å². The van der Waals surface area contributed by atoms with Gasteiger partial charge in [0.15, 0.2) is 0 Å². The van der Waals surface area contributed by atoms with E-state index in [4.69, 9.17) is 5.10 Å². The molecule has 0 amide bonds. The number of carbonyl (C=O) groups is 1. The second kappa shape index (κ2) is 9.70. The van der Waals surface area contributed by atoms with Crippen LogP contribution in [0.25, 0.3) is 11.1 Å². The predicted molar refractivity (Wildman–Crippen MR) is 115 cm³/mol. The zero-order valence-electron chi connectivity index (χ0n) is 17.9. The summed E-state index contributed by atoms with van der Waals surface area (Å²) in [6.07, 6.45) is 5.04.